The van der Waals surface area contributed by atoms with Gasteiger partial charge in [-0.1, -0.05) is 13.8 Å². The van der Waals surface area contributed by atoms with Crippen molar-refractivity contribution in [1.82, 2.24) is 5.32 Å². The van der Waals surface area contributed by atoms with Gasteiger partial charge in [-0.15, -0.1) is 0 Å². The molecule has 0 atom stereocenters. The molecule has 0 bridgehead atoms. The molecule has 0 aliphatic carbocycles. The molecule has 0 aliphatic rings. The van der Waals surface area contributed by atoms with Crippen LogP contribution in [-0.2, 0) is 11.0 Å². The third kappa shape index (κ3) is 5.44. The van der Waals surface area contributed by atoms with Crippen LogP contribution in [0.15, 0.2) is 18.2 Å². The SMILES string of the molecule is CC(C)NCCC(=O)Nc1ccc(C(F)(F)F)cc1C#N. The number of nitrogens with one attached hydrogen (secondary N) is 2. The highest BCUT2D eigenvalue weighted by Gasteiger charge is 2.31. The minimum Gasteiger partial charge on any atom is -0.325 e. The first-order valence-corrected chi connectivity index (χ1v) is 6.38. The molecule has 1 rings (SSSR count). The van der Waals surface area contributed by atoms with Crippen LogP contribution in [0.5, 0.6) is 0 Å². The Morgan fingerprint density at radius 2 is 2.05 bits per heavy atom. The number of carbonyl (C=O) groups is 1. The van der Waals surface area contributed by atoms with Gasteiger partial charge in [-0.2, -0.15) is 18.4 Å². The number of carbonyl (C=O) groups excluding carboxylic acids is 1. The molecule has 1 aromatic carbocycles. The lowest BCUT2D eigenvalue weighted by Gasteiger charge is -2.11. The first-order valence-electron chi connectivity index (χ1n) is 6.38. The number of benzene rings is 1. The molecule has 0 aromatic heterocycles. The summed E-state index contributed by atoms with van der Waals surface area (Å²) in [6, 6.07) is 4.54. The Hall–Kier alpha value is -2.07. The van der Waals surface area contributed by atoms with Crippen LogP contribution in [0, 0.1) is 11.3 Å². The van der Waals surface area contributed by atoms with Crippen LogP contribution in [0.3, 0.4) is 0 Å². The highest BCUT2D eigenvalue weighted by atomic mass is 19.4. The molecule has 4 nitrogen and oxygen atoms in total. The normalized spacial score (nSPS) is 11.3. The molecule has 1 amide bonds. The Kier molecular flexibility index (Phi) is 5.73. The maximum atomic E-state index is 12.5. The molecule has 114 valence electrons. The summed E-state index contributed by atoms with van der Waals surface area (Å²) in [5.41, 5.74) is -1.05. The number of hydrogen-bond donors (Lipinski definition) is 2. The fraction of sp³-hybridized carbons (Fsp3) is 0.429. The van der Waals surface area contributed by atoms with Crippen molar-refractivity contribution in [3.8, 4) is 6.07 Å². The lowest BCUT2D eigenvalue weighted by atomic mass is 10.1. The molecule has 0 radical (unpaired) electrons. The molecule has 1 aromatic rings. The molecule has 0 saturated heterocycles. The van der Waals surface area contributed by atoms with E-state index in [-0.39, 0.29) is 29.6 Å². The minimum atomic E-state index is -4.52. The first-order chi connectivity index (χ1) is 9.74. The van der Waals surface area contributed by atoms with Gasteiger partial charge in [0.15, 0.2) is 0 Å². The molecule has 0 saturated carbocycles. The maximum absolute atomic E-state index is 12.5. The van der Waals surface area contributed by atoms with Gasteiger partial charge in [-0.3, -0.25) is 4.79 Å². The summed E-state index contributed by atoms with van der Waals surface area (Å²) in [4.78, 5) is 11.7. The quantitative estimate of drug-likeness (QED) is 0.878. The molecule has 7 heteroatoms. The zero-order chi connectivity index (χ0) is 16.0. The average molecular weight is 299 g/mol. The van der Waals surface area contributed by atoms with E-state index in [0.717, 1.165) is 18.2 Å². The fourth-order valence-electron chi connectivity index (χ4n) is 1.61. The molecule has 0 heterocycles. The number of alkyl halides is 3. The molecule has 0 aliphatic heterocycles. The van der Waals surface area contributed by atoms with Crippen molar-refractivity contribution in [3.63, 3.8) is 0 Å². The number of amides is 1. The summed E-state index contributed by atoms with van der Waals surface area (Å²) < 4.78 is 37.6. The molecular weight excluding hydrogens is 283 g/mol. The van der Waals surface area contributed by atoms with Crippen molar-refractivity contribution >= 4 is 11.6 Å². The van der Waals surface area contributed by atoms with E-state index < -0.39 is 11.7 Å². The number of rotatable bonds is 5. The topological polar surface area (TPSA) is 64.9 Å². The highest BCUT2D eigenvalue weighted by Crippen LogP contribution is 2.31. The summed E-state index contributed by atoms with van der Waals surface area (Å²) >= 11 is 0. The maximum Gasteiger partial charge on any atom is 0.416 e. The van der Waals surface area contributed by atoms with Crippen LogP contribution < -0.4 is 10.6 Å². The second-order valence-electron chi connectivity index (χ2n) is 4.78. The number of anilines is 1. The largest absolute Gasteiger partial charge is 0.416 e. The first kappa shape index (κ1) is 17.0. The second kappa shape index (κ2) is 7.09. The number of halogens is 3. The Balaban J connectivity index is 2.76. The van der Waals surface area contributed by atoms with Gasteiger partial charge >= 0.3 is 6.18 Å². The third-order valence-electron chi connectivity index (χ3n) is 2.65. The minimum absolute atomic E-state index is 0.0834. The standard InChI is InChI=1S/C14H16F3N3O/c1-9(2)19-6-5-13(21)20-12-4-3-11(14(15,16)17)7-10(12)8-18/h3-4,7,9,19H,5-6H2,1-2H3,(H,20,21). The Morgan fingerprint density at radius 3 is 2.57 bits per heavy atom. The predicted octanol–water partition coefficient (Wildman–Crippen LogP) is 2.90. The lowest BCUT2D eigenvalue weighted by molar-refractivity contribution is -0.137. The molecule has 2 N–H and O–H groups in total. The smallest absolute Gasteiger partial charge is 0.325 e. The predicted molar refractivity (Wildman–Crippen MR) is 72.5 cm³/mol. The van der Waals surface area contributed by atoms with Crippen molar-refractivity contribution in [2.75, 3.05) is 11.9 Å². The Labute approximate surface area is 121 Å². The van der Waals surface area contributed by atoms with Gasteiger partial charge < -0.3 is 10.6 Å². The molecule has 0 fully saturated rings. The monoisotopic (exact) mass is 299 g/mol. The van der Waals surface area contributed by atoms with E-state index in [1.165, 1.54) is 0 Å². The van der Waals surface area contributed by atoms with Crippen molar-refractivity contribution in [3.05, 3.63) is 29.3 Å². The van der Waals surface area contributed by atoms with E-state index in [1.54, 1.807) is 6.07 Å². The van der Waals surface area contributed by atoms with Crippen LogP contribution in [0.2, 0.25) is 0 Å². The van der Waals surface area contributed by atoms with E-state index in [0.29, 0.717) is 6.54 Å². The Morgan fingerprint density at radius 1 is 1.38 bits per heavy atom. The van der Waals surface area contributed by atoms with Crippen molar-refractivity contribution < 1.29 is 18.0 Å². The molecule has 0 unspecified atom stereocenters. The second-order valence-corrected chi connectivity index (χ2v) is 4.78. The number of hydrogen-bond acceptors (Lipinski definition) is 3. The summed E-state index contributed by atoms with van der Waals surface area (Å²) in [7, 11) is 0. The van der Waals surface area contributed by atoms with Gasteiger partial charge in [-0.05, 0) is 18.2 Å². The zero-order valence-electron chi connectivity index (χ0n) is 11.7. The summed E-state index contributed by atoms with van der Waals surface area (Å²) in [6.07, 6.45) is -4.35. The van der Waals surface area contributed by atoms with Crippen LogP contribution in [0.1, 0.15) is 31.4 Å². The number of nitrogens with zero attached hydrogens (tertiary/aromatic N) is 1. The van der Waals surface area contributed by atoms with E-state index in [4.69, 9.17) is 5.26 Å². The molecule has 0 spiro atoms. The van der Waals surface area contributed by atoms with Gasteiger partial charge in [0.1, 0.15) is 6.07 Å². The van der Waals surface area contributed by atoms with E-state index in [2.05, 4.69) is 10.6 Å². The van der Waals surface area contributed by atoms with Crippen molar-refractivity contribution in [2.45, 2.75) is 32.5 Å². The Bertz CT molecular complexity index is 547. The third-order valence-corrected chi connectivity index (χ3v) is 2.65. The summed E-state index contributed by atoms with van der Waals surface area (Å²) in [5, 5.41) is 14.4. The average Bonchev–Trinajstić information content (AvgIpc) is 2.37. The zero-order valence-corrected chi connectivity index (χ0v) is 11.7. The van der Waals surface area contributed by atoms with Gasteiger partial charge in [0.05, 0.1) is 16.8 Å². The van der Waals surface area contributed by atoms with Gasteiger partial charge in [0, 0.05) is 19.0 Å². The van der Waals surface area contributed by atoms with E-state index in [9.17, 15) is 18.0 Å². The van der Waals surface area contributed by atoms with E-state index >= 15 is 0 Å². The van der Waals surface area contributed by atoms with Crippen LogP contribution >= 0.6 is 0 Å². The van der Waals surface area contributed by atoms with Gasteiger partial charge in [-0.25, -0.2) is 0 Å². The molecular formula is C14H16F3N3O. The summed E-state index contributed by atoms with van der Waals surface area (Å²) in [5.74, 6) is -0.362. The highest BCUT2D eigenvalue weighted by molar-refractivity contribution is 5.92. The summed E-state index contributed by atoms with van der Waals surface area (Å²) in [6.45, 7) is 4.31. The van der Waals surface area contributed by atoms with Gasteiger partial charge in [0.25, 0.3) is 0 Å². The number of nitriles is 1. The molecule has 21 heavy (non-hydrogen) atoms. The van der Waals surface area contributed by atoms with Crippen molar-refractivity contribution in [2.24, 2.45) is 0 Å². The fourth-order valence-corrected chi connectivity index (χ4v) is 1.61. The van der Waals surface area contributed by atoms with Crippen LogP contribution in [0.25, 0.3) is 0 Å². The van der Waals surface area contributed by atoms with Gasteiger partial charge in [0.2, 0.25) is 5.91 Å². The van der Waals surface area contributed by atoms with E-state index in [1.807, 2.05) is 13.8 Å². The van der Waals surface area contributed by atoms with Crippen LogP contribution in [-0.4, -0.2) is 18.5 Å². The van der Waals surface area contributed by atoms with Crippen LogP contribution in [0.4, 0.5) is 18.9 Å². The van der Waals surface area contributed by atoms with Crippen molar-refractivity contribution in [1.29, 1.82) is 5.26 Å². The lowest BCUT2D eigenvalue weighted by Crippen LogP contribution is -2.27.